The number of nitrogens with one attached hydrogen (secondary N) is 2. The van der Waals surface area contributed by atoms with Gasteiger partial charge in [-0.15, -0.1) is 0 Å². The summed E-state index contributed by atoms with van der Waals surface area (Å²) in [6.07, 6.45) is 0. The van der Waals surface area contributed by atoms with Gasteiger partial charge in [-0.1, -0.05) is 12.1 Å². The molecule has 1 aromatic carbocycles. The Labute approximate surface area is 119 Å². The number of carbonyl (C=O) groups is 2. The molecule has 0 heterocycles. The zero-order valence-electron chi connectivity index (χ0n) is 12.4. The summed E-state index contributed by atoms with van der Waals surface area (Å²) in [5.74, 6) is 0.169. The topological polar surface area (TPSA) is 67.4 Å². The van der Waals surface area contributed by atoms with E-state index in [1.807, 2.05) is 39.0 Å². The molecule has 0 saturated carbocycles. The molecule has 1 unspecified atom stereocenters. The highest BCUT2D eigenvalue weighted by molar-refractivity contribution is 5.87. The van der Waals surface area contributed by atoms with Crippen LogP contribution in [0.5, 0.6) is 5.75 Å². The van der Waals surface area contributed by atoms with E-state index in [1.54, 1.807) is 6.92 Å². The van der Waals surface area contributed by atoms with Crippen molar-refractivity contribution in [3.05, 3.63) is 29.3 Å². The van der Waals surface area contributed by atoms with Gasteiger partial charge in [0.05, 0.1) is 0 Å². The number of likely N-dealkylation sites (N-methyl/N-ethyl adjacent to an activating group) is 1. The van der Waals surface area contributed by atoms with Gasteiger partial charge in [0, 0.05) is 6.54 Å². The van der Waals surface area contributed by atoms with Crippen LogP contribution in [0, 0.1) is 13.8 Å². The molecule has 1 rings (SSSR count). The normalized spacial score (nSPS) is 11.6. The van der Waals surface area contributed by atoms with Gasteiger partial charge in [-0.05, 0) is 44.9 Å². The summed E-state index contributed by atoms with van der Waals surface area (Å²) in [5, 5.41) is 5.24. The first kappa shape index (κ1) is 16.0. The average molecular weight is 278 g/mol. The van der Waals surface area contributed by atoms with Gasteiger partial charge >= 0.3 is 0 Å². The van der Waals surface area contributed by atoms with Crippen molar-refractivity contribution in [1.29, 1.82) is 0 Å². The molecule has 5 nitrogen and oxygen atoms in total. The van der Waals surface area contributed by atoms with Gasteiger partial charge in [0.1, 0.15) is 11.8 Å². The third kappa shape index (κ3) is 4.91. The fourth-order valence-corrected chi connectivity index (χ4v) is 1.68. The standard InChI is InChI=1S/C15H22N2O3/c1-5-16-15(19)12(4)17-14(18)9-20-13-8-10(2)6-7-11(13)3/h6-8,12H,5,9H2,1-4H3,(H,16,19)(H,17,18). The fourth-order valence-electron chi connectivity index (χ4n) is 1.68. The van der Waals surface area contributed by atoms with Gasteiger partial charge < -0.3 is 15.4 Å². The number of aryl methyl sites for hydroxylation is 2. The fraction of sp³-hybridized carbons (Fsp3) is 0.467. The third-order valence-corrected chi connectivity index (χ3v) is 2.82. The Bertz CT molecular complexity index is 486. The second kappa shape index (κ2) is 7.53. The van der Waals surface area contributed by atoms with E-state index in [4.69, 9.17) is 4.74 Å². The van der Waals surface area contributed by atoms with Crippen LogP contribution in [0.2, 0.25) is 0 Å². The van der Waals surface area contributed by atoms with Gasteiger partial charge in [-0.2, -0.15) is 0 Å². The van der Waals surface area contributed by atoms with Gasteiger partial charge in [-0.25, -0.2) is 0 Å². The van der Waals surface area contributed by atoms with E-state index in [1.165, 1.54) is 0 Å². The first-order valence-corrected chi connectivity index (χ1v) is 6.71. The molecule has 20 heavy (non-hydrogen) atoms. The van der Waals surface area contributed by atoms with Crippen molar-refractivity contribution in [2.45, 2.75) is 33.7 Å². The molecule has 5 heteroatoms. The van der Waals surface area contributed by atoms with Crippen LogP contribution in [0.25, 0.3) is 0 Å². The summed E-state index contributed by atoms with van der Waals surface area (Å²) in [7, 11) is 0. The Hall–Kier alpha value is -2.04. The van der Waals surface area contributed by atoms with Crippen LogP contribution >= 0.6 is 0 Å². The number of hydrogen-bond acceptors (Lipinski definition) is 3. The monoisotopic (exact) mass is 278 g/mol. The number of carbonyl (C=O) groups excluding carboxylic acids is 2. The van der Waals surface area contributed by atoms with Crippen LogP contribution in [-0.4, -0.2) is 31.0 Å². The lowest BCUT2D eigenvalue weighted by Gasteiger charge is -2.14. The molecule has 0 aliphatic heterocycles. The minimum absolute atomic E-state index is 0.103. The highest BCUT2D eigenvalue weighted by Gasteiger charge is 2.15. The van der Waals surface area contributed by atoms with Gasteiger partial charge in [-0.3, -0.25) is 9.59 Å². The van der Waals surface area contributed by atoms with Crippen LogP contribution < -0.4 is 15.4 Å². The Morgan fingerprint density at radius 2 is 2.00 bits per heavy atom. The zero-order chi connectivity index (χ0) is 15.1. The van der Waals surface area contributed by atoms with Gasteiger partial charge in [0.15, 0.2) is 6.61 Å². The van der Waals surface area contributed by atoms with Crippen LogP contribution in [0.3, 0.4) is 0 Å². The Kier molecular flexibility index (Phi) is 6.03. The van der Waals surface area contributed by atoms with Crippen molar-refractivity contribution in [1.82, 2.24) is 10.6 Å². The molecule has 0 bridgehead atoms. The molecular weight excluding hydrogens is 256 g/mol. The summed E-state index contributed by atoms with van der Waals surface area (Å²) in [4.78, 5) is 23.2. The smallest absolute Gasteiger partial charge is 0.258 e. The van der Waals surface area contributed by atoms with E-state index in [9.17, 15) is 9.59 Å². The predicted molar refractivity (Wildman–Crippen MR) is 77.7 cm³/mol. The van der Waals surface area contributed by atoms with Crippen molar-refractivity contribution in [2.24, 2.45) is 0 Å². The molecule has 2 N–H and O–H groups in total. The van der Waals surface area contributed by atoms with Crippen LogP contribution in [0.15, 0.2) is 18.2 Å². The van der Waals surface area contributed by atoms with Crippen LogP contribution in [0.4, 0.5) is 0 Å². The lowest BCUT2D eigenvalue weighted by molar-refractivity contribution is -0.129. The molecule has 1 atom stereocenters. The predicted octanol–water partition coefficient (Wildman–Crippen LogP) is 1.32. The van der Waals surface area contributed by atoms with Crippen LogP contribution in [-0.2, 0) is 9.59 Å². The number of amides is 2. The van der Waals surface area contributed by atoms with Crippen molar-refractivity contribution >= 4 is 11.8 Å². The van der Waals surface area contributed by atoms with Crippen molar-refractivity contribution in [3.8, 4) is 5.75 Å². The first-order chi connectivity index (χ1) is 9.43. The largest absolute Gasteiger partial charge is 0.483 e. The molecule has 0 aliphatic carbocycles. The third-order valence-electron chi connectivity index (χ3n) is 2.82. The second-order valence-corrected chi connectivity index (χ2v) is 4.74. The van der Waals surface area contributed by atoms with Gasteiger partial charge in [0.25, 0.3) is 5.91 Å². The number of hydrogen-bond donors (Lipinski definition) is 2. The molecule has 110 valence electrons. The van der Waals surface area contributed by atoms with E-state index in [2.05, 4.69) is 10.6 Å². The molecule has 1 aromatic rings. The highest BCUT2D eigenvalue weighted by Crippen LogP contribution is 2.18. The Balaban J connectivity index is 2.47. The van der Waals surface area contributed by atoms with E-state index in [0.29, 0.717) is 12.3 Å². The first-order valence-electron chi connectivity index (χ1n) is 6.71. The zero-order valence-corrected chi connectivity index (χ0v) is 12.4. The average Bonchev–Trinajstić information content (AvgIpc) is 2.40. The summed E-state index contributed by atoms with van der Waals surface area (Å²) >= 11 is 0. The summed E-state index contributed by atoms with van der Waals surface area (Å²) in [6.45, 7) is 7.79. The maximum absolute atomic E-state index is 11.7. The van der Waals surface area contributed by atoms with Crippen LogP contribution in [0.1, 0.15) is 25.0 Å². The molecule has 0 aromatic heterocycles. The maximum atomic E-state index is 11.7. The van der Waals surface area contributed by atoms with E-state index >= 15 is 0 Å². The summed E-state index contributed by atoms with van der Waals surface area (Å²) in [5.41, 5.74) is 2.04. The molecule has 0 fully saturated rings. The minimum atomic E-state index is -0.565. The quantitative estimate of drug-likeness (QED) is 0.824. The van der Waals surface area contributed by atoms with E-state index in [0.717, 1.165) is 11.1 Å². The van der Waals surface area contributed by atoms with Crippen molar-refractivity contribution < 1.29 is 14.3 Å². The maximum Gasteiger partial charge on any atom is 0.258 e. The molecule has 0 aliphatic rings. The Morgan fingerprint density at radius 3 is 2.65 bits per heavy atom. The molecule has 0 saturated heterocycles. The molecule has 2 amide bonds. The second-order valence-electron chi connectivity index (χ2n) is 4.74. The lowest BCUT2D eigenvalue weighted by atomic mass is 10.1. The Morgan fingerprint density at radius 1 is 1.30 bits per heavy atom. The van der Waals surface area contributed by atoms with Crippen molar-refractivity contribution in [2.75, 3.05) is 13.2 Å². The van der Waals surface area contributed by atoms with Crippen molar-refractivity contribution in [3.63, 3.8) is 0 Å². The van der Waals surface area contributed by atoms with E-state index in [-0.39, 0.29) is 18.4 Å². The number of rotatable bonds is 6. The number of benzene rings is 1. The SMILES string of the molecule is CCNC(=O)C(C)NC(=O)COc1cc(C)ccc1C. The minimum Gasteiger partial charge on any atom is -0.483 e. The highest BCUT2D eigenvalue weighted by atomic mass is 16.5. The summed E-state index contributed by atoms with van der Waals surface area (Å²) in [6, 6.07) is 5.25. The lowest BCUT2D eigenvalue weighted by Crippen LogP contribution is -2.46. The summed E-state index contributed by atoms with van der Waals surface area (Å²) < 4.78 is 5.48. The molecule has 0 radical (unpaired) electrons. The molecular formula is C15H22N2O3. The van der Waals surface area contributed by atoms with Gasteiger partial charge in [0.2, 0.25) is 5.91 Å². The van der Waals surface area contributed by atoms with E-state index < -0.39 is 6.04 Å². The molecule has 0 spiro atoms. The number of ether oxygens (including phenoxy) is 1.